The number of nitrogens with zero attached hydrogens (tertiary/aromatic N) is 3. The number of carbonyl (C=O) groups is 1. The maximum atomic E-state index is 12.1. The van der Waals surface area contributed by atoms with Crippen LogP contribution >= 0.6 is 0 Å². The first-order chi connectivity index (χ1) is 8.73. The van der Waals surface area contributed by atoms with Crippen LogP contribution in [0.5, 0.6) is 0 Å². The van der Waals surface area contributed by atoms with Crippen molar-refractivity contribution in [3.8, 4) is 0 Å². The smallest absolute Gasteiger partial charge is 0.328 e. The highest BCUT2D eigenvalue weighted by Gasteiger charge is 2.41. The molecule has 2 amide bonds. The van der Waals surface area contributed by atoms with Crippen LogP contribution in [0, 0.1) is 0 Å². The van der Waals surface area contributed by atoms with Crippen LogP contribution in [-0.2, 0) is 5.41 Å². The van der Waals surface area contributed by atoms with E-state index in [4.69, 9.17) is 0 Å². The van der Waals surface area contributed by atoms with Crippen LogP contribution < -0.4 is 4.90 Å². The third kappa shape index (κ3) is 2.30. The molecule has 1 fully saturated rings. The van der Waals surface area contributed by atoms with E-state index >= 15 is 0 Å². The van der Waals surface area contributed by atoms with Crippen LogP contribution in [0.1, 0.15) is 33.3 Å². The zero-order valence-corrected chi connectivity index (χ0v) is 12.1. The molecule has 2 rings (SSSR count). The van der Waals surface area contributed by atoms with Crippen molar-refractivity contribution in [1.82, 2.24) is 9.88 Å². The largest absolute Gasteiger partial charge is 0.371 e. The Labute approximate surface area is 113 Å². The molecule has 1 aromatic heterocycles. The minimum absolute atomic E-state index is 0.0249. The van der Waals surface area contributed by atoms with E-state index in [9.17, 15) is 9.90 Å². The van der Waals surface area contributed by atoms with Crippen LogP contribution in [0.2, 0.25) is 0 Å². The lowest BCUT2D eigenvalue weighted by Gasteiger charge is -2.23. The van der Waals surface area contributed by atoms with E-state index in [1.807, 2.05) is 19.1 Å². The Morgan fingerprint density at radius 2 is 2.00 bits per heavy atom. The van der Waals surface area contributed by atoms with Crippen molar-refractivity contribution < 1.29 is 9.90 Å². The Balaban J connectivity index is 2.40. The van der Waals surface area contributed by atoms with E-state index in [1.54, 1.807) is 13.2 Å². The molecule has 2 unspecified atom stereocenters. The number of anilines is 1. The van der Waals surface area contributed by atoms with Gasteiger partial charge in [0.15, 0.2) is 6.23 Å². The zero-order valence-electron chi connectivity index (χ0n) is 12.1. The lowest BCUT2D eigenvalue weighted by molar-refractivity contribution is 0.138. The number of pyridine rings is 1. The number of aromatic nitrogens is 1. The average Bonchev–Trinajstić information content (AvgIpc) is 2.53. The average molecular weight is 263 g/mol. The number of amides is 2. The van der Waals surface area contributed by atoms with E-state index in [0.29, 0.717) is 5.82 Å². The number of carbonyl (C=O) groups excluding carboxylic acids is 1. The van der Waals surface area contributed by atoms with Crippen molar-refractivity contribution in [2.45, 2.75) is 45.4 Å². The number of aliphatic hydroxyl groups is 1. The van der Waals surface area contributed by atoms with Gasteiger partial charge in [0.25, 0.3) is 0 Å². The Bertz CT molecular complexity index is 496. The first kappa shape index (κ1) is 13.8. The van der Waals surface area contributed by atoms with Crippen molar-refractivity contribution in [2.75, 3.05) is 11.9 Å². The van der Waals surface area contributed by atoms with Gasteiger partial charge in [-0.2, -0.15) is 0 Å². The molecule has 0 radical (unpaired) electrons. The van der Waals surface area contributed by atoms with Crippen molar-refractivity contribution in [3.05, 3.63) is 23.9 Å². The molecule has 2 heterocycles. The molecule has 2 atom stereocenters. The molecule has 0 aromatic carbocycles. The Morgan fingerprint density at radius 1 is 1.37 bits per heavy atom. The second-order valence-corrected chi connectivity index (χ2v) is 6.07. The SMILES string of the molecule is CC1C(O)N(c2cc(C(C)(C)C)ccn2)C(=O)N1C. The molecule has 5 nitrogen and oxygen atoms in total. The minimum atomic E-state index is -0.861. The molecular formula is C14H21N3O2. The van der Waals surface area contributed by atoms with Crippen molar-refractivity contribution in [2.24, 2.45) is 0 Å². The predicted octanol–water partition coefficient (Wildman–Crippen LogP) is 1.96. The van der Waals surface area contributed by atoms with E-state index in [-0.39, 0.29) is 17.5 Å². The normalized spacial score (nSPS) is 24.2. The second kappa shape index (κ2) is 4.49. The number of hydrogen-bond acceptors (Lipinski definition) is 3. The summed E-state index contributed by atoms with van der Waals surface area (Å²) in [6.07, 6.45) is 0.819. The fourth-order valence-corrected chi connectivity index (χ4v) is 2.12. The van der Waals surface area contributed by atoms with Gasteiger partial charge in [-0.05, 0) is 30.0 Å². The van der Waals surface area contributed by atoms with Gasteiger partial charge in [0.1, 0.15) is 5.82 Å². The third-order valence-electron chi connectivity index (χ3n) is 3.67. The molecular weight excluding hydrogens is 242 g/mol. The van der Waals surface area contributed by atoms with Crippen LogP contribution in [-0.4, -0.2) is 40.3 Å². The molecule has 1 aliphatic heterocycles. The Hall–Kier alpha value is -1.62. The first-order valence-corrected chi connectivity index (χ1v) is 6.44. The topological polar surface area (TPSA) is 56.7 Å². The lowest BCUT2D eigenvalue weighted by Crippen LogP contribution is -2.36. The van der Waals surface area contributed by atoms with Gasteiger partial charge in [-0.25, -0.2) is 14.7 Å². The van der Waals surface area contributed by atoms with Crippen molar-refractivity contribution >= 4 is 11.8 Å². The van der Waals surface area contributed by atoms with Crippen LogP contribution in [0.4, 0.5) is 10.6 Å². The summed E-state index contributed by atoms with van der Waals surface area (Å²) in [5, 5.41) is 10.2. The molecule has 0 spiro atoms. The fraction of sp³-hybridized carbons (Fsp3) is 0.571. The quantitative estimate of drug-likeness (QED) is 0.842. The lowest BCUT2D eigenvalue weighted by atomic mass is 9.88. The van der Waals surface area contributed by atoms with Gasteiger partial charge >= 0.3 is 6.03 Å². The van der Waals surface area contributed by atoms with E-state index in [0.717, 1.165) is 5.56 Å². The molecule has 1 saturated heterocycles. The molecule has 0 bridgehead atoms. The summed E-state index contributed by atoms with van der Waals surface area (Å²) in [6.45, 7) is 8.12. The highest BCUT2D eigenvalue weighted by molar-refractivity contribution is 5.94. The monoisotopic (exact) mass is 263 g/mol. The maximum Gasteiger partial charge on any atom is 0.328 e. The van der Waals surface area contributed by atoms with E-state index in [1.165, 1.54) is 9.80 Å². The van der Waals surface area contributed by atoms with Crippen LogP contribution in [0.25, 0.3) is 0 Å². The maximum absolute atomic E-state index is 12.1. The number of rotatable bonds is 1. The number of aliphatic hydroxyl groups excluding tert-OH is 1. The summed E-state index contributed by atoms with van der Waals surface area (Å²) in [5.74, 6) is 0.501. The van der Waals surface area contributed by atoms with Crippen molar-refractivity contribution in [1.29, 1.82) is 0 Å². The highest BCUT2D eigenvalue weighted by Crippen LogP contribution is 2.29. The Kier molecular flexibility index (Phi) is 3.26. The van der Waals surface area contributed by atoms with Gasteiger partial charge in [-0.15, -0.1) is 0 Å². The molecule has 19 heavy (non-hydrogen) atoms. The molecule has 0 saturated carbocycles. The standard InChI is InChI=1S/C14H21N3O2/c1-9-12(18)17(13(19)16(9)5)11-8-10(6-7-15-11)14(2,3)4/h6-9,12,18H,1-5H3. The van der Waals surface area contributed by atoms with E-state index < -0.39 is 6.23 Å². The fourth-order valence-electron chi connectivity index (χ4n) is 2.12. The minimum Gasteiger partial charge on any atom is -0.371 e. The van der Waals surface area contributed by atoms with Gasteiger partial charge in [-0.1, -0.05) is 20.8 Å². The Morgan fingerprint density at radius 3 is 2.47 bits per heavy atom. The molecule has 1 aliphatic rings. The van der Waals surface area contributed by atoms with Gasteiger partial charge < -0.3 is 10.0 Å². The predicted molar refractivity (Wildman–Crippen MR) is 74.0 cm³/mol. The van der Waals surface area contributed by atoms with Gasteiger partial charge in [0.05, 0.1) is 6.04 Å². The van der Waals surface area contributed by atoms with Crippen LogP contribution in [0.3, 0.4) is 0 Å². The van der Waals surface area contributed by atoms with Gasteiger partial charge in [0.2, 0.25) is 0 Å². The first-order valence-electron chi connectivity index (χ1n) is 6.44. The molecule has 1 aromatic rings. The summed E-state index contributed by atoms with van der Waals surface area (Å²) in [6, 6.07) is 3.34. The molecule has 1 N–H and O–H groups in total. The summed E-state index contributed by atoms with van der Waals surface area (Å²) < 4.78 is 0. The summed E-state index contributed by atoms with van der Waals surface area (Å²) >= 11 is 0. The van der Waals surface area contributed by atoms with Gasteiger partial charge in [-0.3, -0.25) is 0 Å². The number of hydrogen-bond donors (Lipinski definition) is 1. The van der Waals surface area contributed by atoms with Crippen LogP contribution in [0.15, 0.2) is 18.3 Å². The van der Waals surface area contributed by atoms with Crippen molar-refractivity contribution in [3.63, 3.8) is 0 Å². The zero-order chi connectivity index (χ0) is 14.4. The molecule has 0 aliphatic carbocycles. The van der Waals surface area contributed by atoms with Gasteiger partial charge in [0, 0.05) is 13.2 Å². The molecule has 5 heteroatoms. The third-order valence-corrected chi connectivity index (χ3v) is 3.67. The summed E-state index contributed by atoms with van der Waals surface area (Å²) in [5.41, 5.74) is 1.06. The van der Waals surface area contributed by atoms with E-state index in [2.05, 4.69) is 25.8 Å². The number of likely N-dealkylation sites (N-methyl/N-ethyl adjacent to an activating group) is 1. The molecule has 104 valence electrons. The number of urea groups is 1. The summed E-state index contributed by atoms with van der Waals surface area (Å²) in [4.78, 5) is 19.2. The second-order valence-electron chi connectivity index (χ2n) is 6.07. The summed E-state index contributed by atoms with van der Waals surface area (Å²) in [7, 11) is 1.68. The highest BCUT2D eigenvalue weighted by atomic mass is 16.3.